The van der Waals surface area contributed by atoms with Crippen LogP contribution in [0.5, 0.6) is 5.88 Å². The molecular weight excluding hydrogens is 477 g/mol. The number of amides is 1. The number of rotatable bonds is 7. The Morgan fingerprint density at radius 3 is 2.58 bits per heavy atom. The van der Waals surface area contributed by atoms with Gasteiger partial charge >= 0.3 is 0 Å². The van der Waals surface area contributed by atoms with E-state index in [1.54, 1.807) is 0 Å². The van der Waals surface area contributed by atoms with Crippen LogP contribution in [0.1, 0.15) is 43.0 Å². The number of fused-ring (bicyclic) bond motifs is 1. The van der Waals surface area contributed by atoms with E-state index < -0.39 is 18.9 Å². The van der Waals surface area contributed by atoms with Crippen LogP contribution in [-0.4, -0.2) is 44.9 Å². The molecule has 0 spiro atoms. The highest BCUT2D eigenvalue weighted by Gasteiger charge is 2.24. The molecule has 0 aliphatic heterocycles. The second-order valence-corrected chi connectivity index (χ2v) is 8.85. The van der Waals surface area contributed by atoms with Crippen LogP contribution in [0.4, 0.5) is 20.4 Å². The first-order valence-electron chi connectivity index (χ1n) is 10.5. The smallest absolute Gasteiger partial charge is 0.272 e. The van der Waals surface area contributed by atoms with Crippen molar-refractivity contribution >= 4 is 51.9 Å². The van der Waals surface area contributed by atoms with Crippen LogP contribution >= 0.6 is 23.2 Å². The zero-order chi connectivity index (χ0) is 23.5. The van der Waals surface area contributed by atoms with Crippen LogP contribution in [0.3, 0.4) is 0 Å². The predicted molar refractivity (Wildman–Crippen MR) is 122 cm³/mol. The van der Waals surface area contributed by atoms with Gasteiger partial charge in [-0.1, -0.05) is 30.1 Å². The first kappa shape index (κ1) is 23.4. The summed E-state index contributed by atoms with van der Waals surface area (Å²) in [5.41, 5.74) is 1.01. The molecule has 1 saturated carbocycles. The lowest BCUT2D eigenvalue weighted by atomic mass is 9.87. The largest absolute Gasteiger partial charge is 0.471 e. The summed E-state index contributed by atoms with van der Waals surface area (Å²) in [5, 5.41) is 6.47. The van der Waals surface area contributed by atoms with Gasteiger partial charge in [0.25, 0.3) is 12.3 Å². The van der Waals surface area contributed by atoms with E-state index in [9.17, 15) is 13.6 Å². The van der Waals surface area contributed by atoms with Gasteiger partial charge in [0.2, 0.25) is 11.8 Å². The van der Waals surface area contributed by atoms with E-state index in [2.05, 4.69) is 37.5 Å². The maximum Gasteiger partial charge on any atom is 0.272 e. The Morgan fingerprint density at radius 1 is 1.21 bits per heavy atom. The molecule has 176 valence electrons. The van der Waals surface area contributed by atoms with E-state index in [1.165, 1.54) is 18.5 Å². The number of pyridine rings is 2. The highest BCUT2D eigenvalue weighted by atomic mass is 35.5. The molecule has 0 saturated heterocycles. The Morgan fingerprint density at radius 2 is 1.91 bits per heavy atom. The Bertz CT molecular complexity index is 1130. The second-order valence-electron chi connectivity index (χ2n) is 8.03. The monoisotopic (exact) mass is 498 g/mol. The molecule has 3 aromatic rings. The summed E-state index contributed by atoms with van der Waals surface area (Å²) in [4.78, 5) is 28.3. The molecule has 1 amide bonds. The van der Waals surface area contributed by atoms with Crippen LogP contribution in [0, 0.1) is 5.92 Å². The number of halogens is 4. The molecule has 3 heterocycles. The Balaban J connectivity index is 1.62. The third-order valence-corrected chi connectivity index (χ3v) is 6.05. The first-order valence-corrected chi connectivity index (χ1v) is 11.2. The van der Waals surface area contributed by atoms with Crippen molar-refractivity contribution in [3.05, 3.63) is 34.1 Å². The molecule has 0 radical (unpaired) electrons. The van der Waals surface area contributed by atoms with Crippen molar-refractivity contribution in [1.29, 1.82) is 0 Å². The van der Waals surface area contributed by atoms with Crippen LogP contribution in [0.15, 0.2) is 18.5 Å². The maximum absolute atomic E-state index is 13.0. The minimum absolute atomic E-state index is 0.0160. The van der Waals surface area contributed by atoms with Crippen LogP contribution < -0.4 is 15.4 Å². The summed E-state index contributed by atoms with van der Waals surface area (Å²) in [6.45, 7) is 1.29. The lowest BCUT2D eigenvalue weighted by molar-refractivity contribution is 0.0770. The Hall–Kier alpha value is -2.72. The number of carbonyl (C=O) groups excluding carboxylic acids is 1. The summed E-state index contributed by atoms with van der Waals surface area (Å²) in [6, 6.07) is 1.50. The van der Waals surface area contributed by atoms with E-state index in [1.807, 2.05) is 0 Å². The molecule has 8 nitrogen and oxygen atoms in total. The minimum Gasteiger partial charge on any atom is -0.471 e. The fourth-order valence-electron chi connectivity index (χ4n) is 3.72. The number of alkyl halides is 2. The Kier molecular flexibility index (Phi) is 7.14. The SMILES string of the molecule is CC1CCC(NC(=O)c2cc3[nH]c(Nc4c(Cl)cncc4Cl)nc3nc2OCC(F)F)CC1. The number of aromatic nitrogens is 4. The van der Waals surface area contributed by atoms with Gasteiger partial charge in [-0.2, -0.15) is 9.97 Å². The van der Waals surface area contributed by atoms with E-state index in [-0.39, 0.29) is 39.1 Å². The zero-order valence-electron chi connectivity index (χ0n) is 17.7. The maximum atomic E-state index is 13.0. The number of anilines is 2. The molecule has 1 aliphatic rings. The number of imidazole rings is 1. The zero-order valence-corrected chi connectivity index (χ0v) is 19.2. The summed E-state index contributed by atoms with van der Waals surface area (Å²) in [7, 11) is 0. The van der Waals surface area contributed by atoms with Gasteiger partial charge in [0.15, 0.2) is 12.3 Å². The van der Waals surface area contributed by atoms with Crippen molar-refractivity contribution < 1.29 is 18.3 Å². The number of aromatic amines is 1. The fourth-order valence-corrected chi connectivity index (χ4v) is 4.18. The predicted octanol–water partition coefficient (Wildman–Crippen LogP) is 5.36. The number of nitrogens with one attached hydrogen (secondary N) is 3. The van der Waals surface area contributed by atoms with Crippen LogP contribution in [0.2, 0.25) is 10.0 Å². The van der Waals surface area contributed by atoms with Crippen molar-refractivity contribution in [1.82, 2.24) is 25.3 Å². The van der Waals surface area contributed by atoms with Gasteiger partial charge in [-0.3, -0.25) is 9.78 Å². The van der Waals surface area contributed by atoms with Gasteiger partial charge in [0, 0.05) is 18.4 Å². The lowest BCUT2D eigenvalue weighted by Gasteiger charge is -2.27. The second kappa shape index (κ2) is 10.0. The molecule has 3 N–H and O–H groups in total. The number of H-pyrrole nitrogens is 1. The first-order chi connectivity index (χ1) is 15.8. The topological polar surface area (TPSA) is 105 Å². The molecule has 1 aliphatic carbocycles. The minimum atomic E-state index is -2.72. The molecule has 3 aromatic heterocycles. The van der Waals surface area contributed by atoms with E-state index in [0.29, 0.717) is 17.1 Å². The van der Waals surface area contributed by atoms with Gasteiger partial charge in [-0.15, -0.1) is 0 Å². The molecule has 0 atom stereocenters. The summed E-state index contributed by atoms with van der Waals surface area (Å²) in [5.74, 6) is 0.227. The van der Waals surface area contributed by atoms with Crippen LogP contribution in [-0.2, 0) is 0 Å². The van der Waals surface area contributed by atoms with Crippen molar-refractivity contribution in [3.63, 3.8) is 0 Å². The van der Waals surface area contributed by atoms with Gasteiger partial charge in [-0.25, -0.2) is 8.78 Å². The molecular formula is C21H22Cl2F2N6O2. The number of nitrogens with zero attached hydrogens (tertiary/aromatic N) is 3. The van der Waals surface area contributed by atoms with Gasteiger partial charge in [0.05, 0.1) is 21.2 Å². The third-order valence-electron chi connectivity index (χ3n) is 5.48. The number of hydrogen-bond acceptors (Lipinski definition) is 6. The van der Waals surface area contributed by atoms with Gasteiger partial charge < -0.3 is 20.4 Å². The molecule has 1 fully saturated rings. The molecule has 0 bridgehead atoms. The van der Waals surface area contributed by atoms with Crippen molar-refractivity contribution in [2.75, 3.05) is 11.9 Å². The van der Waals surface area contributed by atoms with Crippen molar-refractivity contribution in [2.45, 2.75) is 45.1 Å². The Labute approximate surface area is 198 Å². The van der Waals surface area contributed by atoms with Crippen LogP contribution in [0.25, 0.3) is 11.2 Å². The van der Waals surface area contributed by atoms with E-state index in [0.717, 1.165) is 25.7 Å². The molecule has 0 aromatic carbocycles. The van der Waals surface area contributed by atoms with Gasteiger partial charge in [0.1, 0.15) is 5.56 Å². The normalized spacial score (nSPS) is 18.5. The van der Waals surface area contributed by atoms with Gasteiger partial charge in [-0.05, 0) is 37.7 Å². The quantitative estimate of drug-likeness (QED) is 0.405. The third kappa shape index (κ3) is 5.62. The average molecular weight is 499 g/mol. The molecule has 4 rings (SSSR count). The van der Waals surface area contributed by atoms with E-state index in [4.69, 9.17) is 27.9 Å². The molecule has 12 heteroatoms. The highest BCUT2D eigenvalue weighted by Crippen LogP contribution is 2.32. The lowest BCUT2D eigenvalue weighted by Crippen LogP contribution is -2.37. The van der Waals surface area contributed by atoms with Crippen molar-refractivity contribution in [2.24, 2.45) is 5.92 Å². The molecule has 0 unspecified atom stereocenters. The highest BCUT2D eigenvalue weighted by molar-refractivity contribution is 6.39. The molecule has 33 heavy (non-hydrogen) atoms. The number of carbonyl (C=O) groups is 1. The average Bonchev–Trinajstić information content (AvgIpc) is 3.17. The van der Waals surface area contributed by atoms with Crippen molar-refractivity contribution in [3.8, 4) is 5.88 Å². The number of ether oxygens (including phenoxy) is 1. The summed E-state index contributed by atoms with van der Waals surface area (Å²) < 4.78 is 30.7. The fraction of sp³-hybridized carbons (Fsp3) is 0.429. The van der Waals surface area contributed by atoms with E-state index >= 15 is 0 Å². The summed E-state index contributed by atoms with van der Waals surface area (Å²) >= 11 is 12.3. The number of hydrogen-bond donors (Lipinski definition) is 3. The standard InChI is InChI=1S/C21H22Cl2F2N6O2/c1-10-2-4-11(5-3-10)27-19(32)12-6-15-18(30-20(12)33-9-16(24)25)31-21(28-15)29-17-13(22)7-26-8-14(17)23/h6-8,10-11,16H,2-5,9H2,1H3,(H,27,32)(H2,26,28,29,30,31). The summed E-state index contributed by atoms with van der Waals surface area (Å²) in [6.07, 6.45) is 3.89.